The summed E-state index contributed by atoms with van der Waals surface area (Å²) in [6.45, 7) is 1.22. The van der Waals surface area contributed by atoms with Crippen LogP contribution in [0.5, 0.6) is 0 Å². The first-order valence-electron chi connectivity index (χ1n) is 8.00. The maximum absolute atomic E-state index is 13.1. The minimum absolute atomic E-state index is 0.215. The molecule has 1 aromatic carbocycles. The Labute approximate surface area is 163 Å². The topological polar surface area (TPSA) is 99.2 Å². The molecule has 0 saturated heterocycles. The lowest BCUT2D eigenvalue weighted by Gasteiger charge is -2.03. The second kappa shape index (κ2) is 8.49. The van der Waals surface area contributed by atoms with Gasteiger partial charge in [-0.1, -0.05) is 16.8 Å². The molecule has 0 aliphatic rings. The van der Waals surface area contributed by atoms with Crippen LogP contribution in [0.1, 0.15) is 11.3 Å². The lowest BCUT2D eigenvalue weighted by molar-refractivity contribution is -0.142. The second-order valence-electron chi connectivity index (χ2n) is 5.55. The van der Waals surface area contributed by atoms with E-state index in [1.807, 2.05) is 0 Å². The highest BCUT2D eigenvalue weighted by atomic mass is 35.5. The molecule has 3 aromatic rings. The van der Waals surface area contributed by atoms with Gasteiger partial charge in [-0.15, -0.1) is 0 Å². The number of aromatic nitrogens is 3. The van der Waals surface area contributed by atoms with Gasteiger partial charge in [0.2, 0.25) is 0 Å². The van der Waals surface area contributed by atoms with E-state index in [9.17, 15) is 14.0 Å². The van der Waals surface area contributed by atoms with E-state index in [2.05, 4.69) is 20.1 Å². The number of ether oxygens (including phenoxy) is 1. The van der Waals surface area contributed by atoms with Crippen molar-refractivity contribution in [2.45, 2.75) is 6.92 Å². The number of benzene rings is 1. The van der Waals surface area contributed by atoms with Gasteiger partial charge in [-0.25, -0.2) is 13.9 Å². The first kappa shape index (κ1) is 19.3. The summed E-state index contributed by atoms with van der Waals surface area (Å²) in [4.78, 5) is 23.5. The predicted octanol–water partition coefficient (Wildman–Crippen LogP) is 3.16. The molecule has 10 heteroatoms. The first-order chi connectivity index (χ1) is 13.4. The summed E-state index contributed by atoms with van der Waals surface area (Å²) in [7, 11) is 0. The summed E-state index contributed by atoms with van der Waals surface area (Å²) in [5, 5.41) is 10.4. The highest BCUT2D eigenvalue weighted by Gasteiger charge is 2.13. The van der Waals surface area contributed by atoms with Crippen LogP contribution in [0.25, 0.3) is 11.8 Å². The summed E-state index contributed by atoms with van der Waals surface area (Å²) in [5.41, 5.74) is 1.62. The van der Waals surface area contributed by atoms with Gasteiger partial charge in [-0.3, -0.25) is 4.79 Å². The van der Waals surface area contributed by atoms with Crippen LogP contribution >= 0.6 is 11.6 Å². The number of aryl methyl sites for hydroxylation is 1. The molecule has 0 fully saturated rings. The van der Waals surface area contributed by atoms with Crippen molar-refractivity contribution >= 4 is 35.4 Å². The van der Waals surface area contributed by atoms with Gasteiger partial charge in [-0.2, -0.15) is 5.10 Å². The minimum atomic E-state index is -0.736. The molecule has 1 N–H and O–H groups in total. The zero-order valence-corrected chi connectivity index (χ0v) is 15.3. The summed E-state index contributed by atoms with van der Waals surface area (Å²) < 4.78 is 23.9. The van der Waals surface area contributed by atoms with Crippen molar-refractivity contribution in [2.75, 3.05) is 11.9 Å². The molecule has 0 spiro atoms. The van der Waals surface area contributed by atoms with Gasteiger partial charge in [-0.05, 0) is 37.3 Å². The van der Waals surface area contributed by atoms with Crippen molar-refractivity contribution in [3.8, 4) is 5.69 Å². The van der Waals surface area contributed by atoms with Crippen LogP contribution in [0.3, 0.4) is 0 Å². The van der Waals surface area contributed by atoms with Crippen LogP contribution in [0.15, 0.2) is 47.2 Å². The summed E-state index contributed by atoms with van der Waals surface area (Å²) in [6.07, 6.45) is 3.86. The third-order valence-corrected chi connectivity index (χ3v) is 3.92. The van der Waals surface area contributed by atoms with Gasteiger partial charge in [0, 0.05) is 17.7 Å². The van der Waals surface area contributed by atoms with Crippen molar-refractivity contribution in [1.29, 1.82) is 0 Å². The zero-order valence-electron chi connectivity index (χ0n) is 14.6. The second-order valence-corrected chi connectivity index (χ2v) is 5.91. The highest BCUT2D eigenvalue weighted by Crippen LogP contribution is 2.24. The number of nitrogens with one attached hydrogen (secondary N) is 1. The van der Waals surface area contributed by atoms with Crippen LogP contribution in [-0.4, -0.2) is 33.4 Å². The average Bonchev–Trinajstić information content (AvgIpc) is 3.27. The van der Waals surface area contributed by atoms with E-state index in [-0.39, 0.29) is 16.8 Å². The van der Waals surface area contributed by atoms with Crippen LogP contribution in [0.2, 0.25) is 5.15 Å². The average molecular weight is 405 g/mol. The van der Waals surface area contributed by atoms with Crippen LogP contribution < -0.4 is 5.32 Å². The smallest absolute Gasteiger partial charge is 0.331 e. The molecule has 0 radical (unpaired) electrons. The Kier molecular flexibility index (Phi) is 5.85. The van der Waals surface area contributed by atoms with Crippen molar-refractivity contribution in [2.24, 2.45) is 0 Å². The van der Waals surface area contributed by atoms with Gasteiger partial charge in [0.25, 0.3) is 5.91 Å². The van der Waals surface area contributed by atoms with Crippen LogP contribution in [-0.2, 0) is 14.3 Å². The molecule has 1 amide bonds. The molecule has 0 saturated carbocycles. The summed E-state index contributed by atoms with van der Waals surface area (Å²) in [6, 6.07) is 7.09. The number of hydrogen-bond acceptors (Lipinski definition) is 6. The Morgan fingerprint density at radius 2 is 2.07 bits per heavy atom. The monoisotopic (exact) mass is 404 g/mol. The number of esters is 1. The van der Waals surface area contributed by atoms with Crippen molar-refractivity contribution in [3.05, 3.63) is 64.9 Å². The molecule has 0 aliphatic heterocycles. The Morgan fingerprint density at radius 1 is 1.32 bits per heavy atom. The maximum Gasteiger partial charge on any atom is 0.331 e. The molecule has 28 heavy (non-hydrogen) atoms. The van der Waals surface area contributed by atoms with E-state index < -0.39 is 18.5 Å². The van der Waals surface area contributed by atoms with Crippen LogP contribution in [0.4, 0.5) is 10.2 Å². The number of halogens is 2. The first-order valence-corrected chi connectivity index (χ1v) is 8.38. The number of hydrogen-bond donors (Lipinski definition) is 1. The number of anilines is 1. The molecule has 2 aromatic heterocycles. The molecule has 0 bridgehead atoms. The van der Waals surface area contributed by atoms with Gasteiger partial charge in [0.15, 0.2) is 12.4 Å². The largest absolute Gasteiger partial charge is 0.452 e. The molecule has 0 aliphatic carbocycles. The molecule has 144 valence electrons. The highest BCUT2D eigenvalue weighted by molar-refractivity contribution is 6.31. The zero-order chi connectivity index (χ0) is 20.1. The fraction of sp³-hybridized carbons (Fsp3) is 0.111. The molecule has 0 atom stereocenters. The SMILES string of the molecule is Cc1nn(-c2ccc(F)cc2)c(Cl)c1/C=C/C(=O)OCC(=O)Nc1ccon1. The fourth-order valence-corrected chi connectivity index (χ4v) is 2.58. The quantitative estimate of drug-likeness (QED) is 0.500. The Balaban J connectivity index is 1.62. The molecule has 2 heterocycles. The Hall–Kier alpha value is -3.46. The number of amides is 1. The van der Waals surface area contributed by atoms with Crippen molar-refractivity contribution in [1.82, 2.24) is 14.9 Å². The lowest BCUT2D eigenvalue weighted by Crippen LogP contribution is -2.20. The van der Waals surface area contributed by atoms with E-state index in [1.54, 1.807) is 6.92 Å². The molecule has 8 nitrogen and oxygen atoms in total. The van der Waals surface area contributed by atoms with E-state index >= 15 is 0 Å². The van der Waals surface area contributed by atoms with Gasteiger partial charge >= 0.3 is 5.97 Å². The van der Waals surface area contributed by atoms with E-state index in [0.717, 1.165) is 6.08 Å². The Bertz CT molecular complexity index is 1010. The van der Waals surface area contributed by atoms with Crippen molar-refractivity contribution < 1.29 is 23.2 Å². The number of carbonyl (C=O) groups is 2. The Morgan fingerprint density at radius 3 is 2.75 bits per heavy atom. The minimum Gasteiger partial charge on any atom is -0.452 e. The van der Waals surface area contributed by atoms with Gasteiger partial charge in [0.05, 0.1) is 11.4 Å². The van der Waals surface area contributed by atoms with E-state index in [0.29, 0.717) is 16.9 Å². The standard InChI is InChI=1S/C18H14ClFN4O4/c1-11-14(18(19)24(22-11)13-4-2-12(20)3-5-13)6-7-17(26)27-10-16(25)21-15-8-9-28-23-15/h2-9H,10H2,1H3,(H,21,23,25)/b7-6+. The summed E-state index contributed by atoms with van der Waals surface area (Å²) in [5.74, 6) is -1.46. The van der Waals surface area contributed by atoms with E-state index in [4.69, 9.17) is 16.3 Å². The molecular formula is C18H14ClFN4O4. The maximum atomic E-state index is 13.1. The fourth-order valence-electron chi connectivity index (χ4n) is 2.25. The normalized spacial score (nSPS) is 11.0. The number of rotatable bonds is 6. The summed E-state index contributed by atoms with van der Waals surface area (Å²) >= 11 is 6.32. The van der Waals surface area contributed by atoms with Crippen molar-refractivity contribution in [3.63, 3.8) is 0 Å². The number of nitrogens with zero attached hydrogens (tertiary/aromatic N) is 3. The van der Waals surface area contributed by atoms with Crippen LogP contribution in [0, 0.1) is 12.7 Å². The molecular weight excluding hydrogens is 391 g/mol. The van der Waals surface area contributed by atoms with Gasteiger partial charge in [0.1, 0.15) is 17.2 Å². The lowest BCUT2D eigenvalue weighted by atomic mass is 10.2. The van der Waals surface area contributed by atoms with Gasteiger partial charge < -0.3 is 14.6 Å². The third-order valence-electron chi connectivity index (χ3n) is 3.56. The molecule has 3 rings (SSSR count). The van der Waals surface area contributed by atoms with E-state index in [1.165, 1.54) is 47.4 Å². The predicted molar refractivity (Wildman–Crippen MR) is 98.4 cm³/mol. The third kappa shape index (κ3) is 4.63. The number of carbonyl (C=O) groups excluding carboxylic acids is 2. The molecule has 0 unspecified atom stereocenters.